The van der Waals surface area contributed by atoms with Gasteiger partial charge in [-0.15, -0.1) is 0 Å². The fourth-order valence-corrected chi connectivity index (χ4v) is 2.74. The molecule has 5 heteroatoms. The van der Waals surface area contributed by atoms with Crippen molar-refractivity contribution in [1.29, 1.82) is 0 Å². The van der Waals surface area contributed by atoms with Crippen LogP contribution in [0.2, 0.25) is 0 Å². The zero-order valence-electron chi connectivity index (χ0n) is 12.0. The quantitative estimate of drug-likeness (QED) is 0.630. The van der Waals surface area contributed by atoms with Gasteiger partial charge in [0.25, 0.3) is 0 Å². The second kappa shape index (κ2) is 9.50. The summed E-state index contributed by atoms with van der Waals surface area (Å²) in [6.07, 6.45) is 2.46. The molecule has 0 aromatic carbocycles. The predicted octanol–water partition coefficient (Wildman–Crippen LogP) is 1.77. The summed E-state index contributed by atoms with van der Waals surface area (Å²) in [6, 6.07) is 0. The highest BCUT2D eigenvalue weighted by atomic mass is 32.2. The summed E-state index contributed by atoms with van der Waals surface area (Å²) in [5, 5.41) is 0. The van der Waals surface area contributed by atoms with Gasteiger partial charge < -0.3 is 14.5 Å². The van der Waals surface area contributed by atoms with E-state index in [4.69, 9.17) is 9.73 Å². The lowest BCUT2D eigenvalue weighted by atomic mass is 10.3. The molecule has 0 unspecified atom stereocenters. The van der Waals surface area contributed by atoms with Crippen molar-refractivity contribution in [2.45, 2.75) is 19.8 Å². The summed E-state index contributed by atoms with van der Waals surface area (Å²) < 4.78 is 5.17. The number of methoxy groups -OCH3 is 1. The van der Waals surface area contributed by atoms with Crippen LogP contribution in [0.4, 0.5) is 0 Å². The molecule has 1 aliphatic rings. The van der Waals surface area contributed by atoms with Gasteiger partial charge in [-0.05, 0) is 18.6 Å². The van der Waals surface area contributed by atoms with Crippen molar-refractivity contribution >= 4 is 17.7 Å². The monoisotopic (exact) mass is 273 g/mol. The van der Waals surface area contributed by atoms with Gasteiger partial charge in [-0.25, -0.2) is 0 Å². The van der Waals surface area contributed by atoms with E-state index in [1.165, 1.54) is 18.6 Å². The standard InChI is InChI=1S/C13H27N3OS/c1-4-11-18-12-6-14-13-15(2)7-5-8-16(13)9-10-17-3/h4-12H2,1-3H3/b14-13-. The molecule has 0 atom stereocenters. The van der Waals surface area contributed by atoms with Gasteiger partial charge >= 0.3 is 0 Å². The SMILES string of the molecule is CCCSCC/N=C1/N(C)CCCN1CCOC. The fraction of sp³-hybridized carbons (Fsp3) is 0.923. The van der Waals surface area contributed by atoms with Crippen LogP contribution in [0, 0.1) is 0 Å². The maximum Gasteiger partial charge on any atom is 0.196 e. The van der Waals surface area contributed by atoms with Crippen molar-refractivity contribution in [2.75, 3.05) is 58.4 Å². The largest absolute Gasteiger partial charge is 0.383 e. The molecule has 1 rings (SSSR count). The number of guanidine groups is 1. The van der Waals surface area contributed by atoms with Crippen LogP contribution in [-0.2, 0) is 4.74 Å². The zero-order valence-corrected chi connectivity index (χ0v) is 12.8. The number of aliphatic imine (C=N–C) groups is 1. The van der Waals surface area contributed by atoms with Crippen molar-refractivity contribution in [1.82, 2.24) is 9.80 Å². The Bertz CT molecular complexity index is 248. The van der Waals surface area contributed by atoms with Crippen molar-refractivity contribution in [3.05, 3.63) is 0 Å². The molecule has 0 aliphatic carbocycles. The molecule has 106 valence electrons. The van der Waals surface area contributed by atoms with Crippen LogP contribution in [0.3, 0.4) is 0 Å². The van der Waals surface area contributed by atoms with Crippen molar-refractivity contribution in [3.63, 3.8) is 0 Å². The molecule has 0 saturated carbocycles. The van der Waals surface area contributed by atoms with Gasteiger partial charge in [0.05, 0.1) is 13.2 Å². The molecule has 18 heavy (non-hydrogen) atoms. The predicted molar refractivity (Wildman–Crippen MR) is 80.6 cm³/mol. The van der Waals surface area contributed by atoms with Gasteiger partial charge in [0, 0.05) is 39.5 Å². The first-order valence-electron chi connectivity index (χ1n) is 6.86. The lowest BCUT2D eigenvalue weighted by molar-refractivity contribution is 0.162. The number of thioether (sulfide) groups is 1. The minimum absolute atomic E-state index is 0.775. The molecular weight excluding hydrogens is 246 g/mol. The maximum atomic E-state index is 5.17. The summed E-state index contributed by atoms with van der Waals surface area (Å²) in [4.78, 5) is 9.37. The third-order valence-electron chi connectivity index (χ3n) is 2.95. The van der Waals surface area contributed by atoms with E-state index in [9.17, 15) is 0 Å². The zero-order chi connectivity index (χ0) is 13.2. The average molecular weight is 273 g/mol. The third-order valence-corrected chi connectivity index (χ3v) is 4.12. The van der Waals surface area contributed by atoms with Gasteiger partial charge in [0.2, 0.25) is 0 Å². The van der Waals surface area contributed by atoms with Crippen LogP contribution in [0.15, 0.2) is 4.99 Å². The van der Waals surface area contributed by atoms with E-state index in [1.807, 2.05) is 11.8 Å². The highest BCUT2D eigenvalue weighted by Crippen LogP contribution is 2.08. The summed E-state index contributed by atoms with van der Waals surface area (Å²) in [7, 11) is 3.89. The summed E-state index contributed by atoms with van der Waals surface area (Å²) in [6.45, 7) is 7.09. The molecule has 0 spiro atoms. The number of hydrogen-bond acceptors (Lipinski definition) is 3. The van der Waals surface area contributed by atoms with Crippen molar-refractivity contribution < 1.29 is 4.74 Å². The van der Waals surface area contributed by atoms with E-state index in [2.05, 4.69) is 23.8 Å². The first kappa shape index (κ1) is 15.6. The molecule has 4 nitrogen and oxygen atoms in total. The Balaban J connectivity index is 2.41. The Kier molecular flexibility index (Phi) is 8.25. The molecule has 1 saturated heterocycles. The van der Waals surface area contributed by atoms with E-state index >= 15 is 0 Å². The number of rotatable bonds is 8. The van der Waals surface area contributed by atoms with Gasteiger partial charge in [-0.1, -0.05) is 6.92 Å². The number of nitrogens with zero attached hydrogens (tertiary/aromatic N) is 3. The molecule has 1 fully saturated rings. The van der Waals surface area contributed by atoms with E-state index in [-0.39, 0.29) is 0 Å². The van der Waals surface area contributed by atoms with Crippen LogP contribution < -0.4 is 0 Å². The Hall–Kier alpha value is -0.420. The fourth-order valence-electron chi connectivity index (χ4n) is 2.03. The first-order valence-corrected chi connectivity index (χ1v) is 8.02. The van der Waals surface area contributed by atoms with E-state index in [1.54, 1.807) is 7.11 Å². The summed E-state index contributed by atoms with van der Waals surface area (Å²) in [5.41, 5.74) is 0. The Morgan fingerprint density at radius 3 is 2.89 bits per heavy atom. The van der Waals surface area contributed by atoms with Crippen LogP contribution in [-0.4, -0.2) is 74.2 Å². The minimum atomic E-state index is 0.775. The summed E-state index contributed by atoms with van der Waals surface area (Å²) >= 11 is 1.99. The third kappa shape index (κ3) is 5.48. The Morgan fingerprint density at radius 2 is 2.17 bits per heavy atom. The Labute approximate surface area is 116 Å². The number of ether oxygens (including phenoxy) is 1. The molecule has 0 bridgehead atoms. The van der Waals surface area contributed by atoms with E-state index in [0.717, 1.165) is 44.5 Å². The van der Waals surface area contributed by atoms with Crippen LogP contribution in [0.1, 0.15) is 19.8 Å². The van der Waals surface area contributed by atoms with Crippen LogP contribution in [0.25, 0.3) is 0 Å². The van der Waals surface area contributed by atoms with Crippen LogP contribution >= 0.6 is 11.8 Å². The highest BCUT2D eigenvalue weighted by molar-refractivity contribution is 7.99. The highest BCUT2D eigenvalue weighted by Gasteiger charge is 2.19. The average Bonchev–Trinajstić information content (AvgIpc) is 2.38. The topological polar surface area (TPSA) is 28.1 Å². The van der Waals surface area contributed by atoms with E-state index in [0.29, 0.717) is 0 Å². The molecule has 0 N–H and O–H groups in total. The minimum Gasteiger partial charge on any atom is -0.383 e. The molecule has 0 aromatic rings. The lowest BCUT2D eigenvalue weighted by Gasteiger charge is -2.37. The van der Waals surface area contributed by atoms with Crippen molar-refractivity contribution in [3.8, 4) is 0 Å². The van der Waals surface area contributed by atoms with Gasteiger partial charge in [-0.2, -0.15) is 11.8 Å². The lowest BCUT2D eigenvalue weighted by Crippen LogP contribution is -2.49. The molecular formula is C13H27N3OS. The van der Waals surface area contributed by atoms with E-state index < -0.39 is 0 Å². The molecule has 1 aliphatic heterocycles. The normalized spacial score (nSPS) is 18.7. The second-order valence-corrected chi connectivity index (χ2v) is 5.77. The smallest absolute Gasteiger partial charge is 0.196 e. The van der Waals surface area contributed by atoms with Crippen LogP contribution in [0.5, 0.6) is 0 Å². The van der Waals surface area contributed by atoms with Gasteiger partial charge in [0.1, 0.15) is 0 Å². The maximum absolute atomic E-state index is 5.17. The molecule has 0 aromatic heterocycles. The Morgan fingerprint density at radius 1 is 1.33 bits per heavy atom. The number of hydrogen-bond donors (Lipinski definition) is 0. The first-order chi connectivity index (χ1) is 8.79. The summed E-state index contributed by atoms with van der Waals surface area (Å²) in [5.74, 6) is 3.52. The molecule has 1 heterocycles. The second-order valence-electron chi connectivity index (χ2n) is 4.55. The van der Waals surface area contributed by atoms with Gasteiger partial charge in [0.15, 0.2) is 5.96 Å². The van der Waals surface area contributed by atoms with Gasteiger partial charge in [-0.3, -0.25) is 4.99 Å². The molecule has 0 radical (unpaired) electrons. The van der Waals surface area contributed by atoms with Crippen molar-refractivity contribution in [2.24, 2.45) is 4.99 Å². The molecule has 0 amide bonds.